The third-order valence-corrected chi connectivity index (χ3v) is 5.50. The average molecular weight is 399 g/mol. The fourth-order valence-corrected chi connectivity index (χ4v) is 3.86. The van der Waals surface area contributed by atoms with Gasteiger partial charge in [0.1, 0.15) is 17.1 Å². The van der Waals surface area contributed by atoms with Crippen molar-refractivity contribution in [2.45, 2.75) is 13.5 Å². The molecule has 150 valence electrons. The summed E-state index contributed by atoms with van der Waals surface area (Å²) in [5.74, 6) is 1.52. The van der Waals surface area contributed by atoms with Gasteiger partial charge >= 0.3 is 5.63 Å². The van der Waals surface area contributed by atoms with Crippen LogP contribution in [0.5, 0.6) is 11.5 Å². The Kier molecular flexibility index (Phi) is 4.43. The van der Waals surface area contributed by atoms with Crippen molar-refractivity contribution in [3.8, 4) is 22.6 Å². The molecule has 0 spiro atoms. The van der Waals surface area contributed by atoms with E-state index in [0.717, 1.165) is 39.3 Å². The summed E-state index contributed by atoms with van der Waals surface area (Å²) in [5, 5.41) is 0.882. The highest BCUT2D eigenvalue weighted by atomic mass is 16.5. The average Bonchev–Trinajstić information content (AvgIpc) is 2.78. The smallest absolute Gasteiger partial charge is 0.336 e. The fourth-order valence-electron chi connectivity index (χ4n) is 3.86. The topological polar surface area (TPSA) is 51.9 Å². The number of aryl methyl sites for hydroxylation is 1. The van der Waals surface area contributed by atoms with Gasteiger partial charge in [0.15, 0.2) is 6.73 Å². The van der Waals surface area contributed by atoms with Crippen LogP contribution in [0.2, 0.25) is 0 Å². The Morgan fingerprint density at radius 2 is 1.73 bits per heavy atom. The zero-order chi connectivity index (χ0) is 20.7. The summed E-state index contributed by atoms with van der Waals surface area (Å²) in [7, 11) is 1.63. The molecular weight excluding hydrogens is 378 g/mol. The first-order valence-corrected chi connectivity index (χ1v) is 9.81. The fraction of sp³-hybridized carbons (Fsp3) is 0.160. The lowest BCUT2D eigenvalue weighted by molar-refractivity contribution is 0.289. The van der Waals surface area contributed by atoms with Crippen LogP contribution in [0.15, 0.2) is 75.9 Å². The monoisotopic (exact) mass is 399 g/mol. The molecule has 0 fully saturated rings. The Morgan fingerprint density at radius 1 is 0.967 bits per heavy atom. The Labute approximate surface area is 174 Å². The standard InChI is InChI=1S/C25H21NO4/c1-16-3-7-18(8-4-16)26-14-22-23(29-15-26)12-11-20-21(13-24(27)30-25(20)22)17-5-9-19(28-2)10-6-17/h3-13H,14-15H2,1-2H3. The second-order valence-electron chi connectivity index (χ2n) is 7.43. The van der Waals surface area contributed by atoms with Crippen LogP contribution in [-0.2, 0) is 6.54 Å². The number of benzene rings is 3. The molecule has 1 aliphatic heterocycles. The van der Waals surface area contributed by atoms with Crippen LogP contribution in [0, 0.1) is 6.92 Å². The molecule has 1 aliphatic rings. The van der Waals surface area contributed by atoms with Gasteiger partial charge in [0.2, 0.25) is 0 Å². The van der Waals surface area contributed by atoms with E-state index in [9.17, 15) is 4.79 Å². The van der Waals surface area contributed by atoms with Crippen molar-refractivity contribution in [3.05, 3.63) is 88.3 Å². The van der Waals surface area contributed by atoms with E-state index in [0.29, 0.717) is 18.9 Å². The molecular formula is C25H21NO4. The van der Waals surface area contributed by atoms with Crippen molar-refractivity contribution in [2.24, 2.45) is 0 Å². The van der Waals surface area contributed by atoms with E-state index < -0.39 is 0 Å². The maximum atomic E-state index is 12.4. The van der Waals surface area contributed by atoms with Gasteiger partial charge in [0.25, 0.3) is 0 Å². The minimum atomic E-state index is -0.380. The van der Waals surface area contributed by atoms with Crippen molar-refractivity contribution in [1.82, 2.24) is 0 Å². The normalized spacial score (nSPS) is 13.1. The van der Waals surface area contributed by atoms with Crippen LogP contribution < -0.4 is 20.0 Å². The molecule has 4 aromatic rings. The summed E-state index contributed by atoms with van der Waals surface area (Å²) in [4.78, 5) is 14.6. The maximum Gasteiger partial charge on any atom is 0.336 e. The molecule has 0 saturated carbocycles. The zero-order valence-corrected chi connectivity index (χ0v) is 16.8. The summed E-state index contributed by atoms with van der Waals surface area (Å²) < 4.78 is 16.9. The summed E-state index contributed by atoms with van der Waals surface area (Å²) >= 11 is 0. The van der Waals surface area contributed by atoms with Gasteiger partial charge in [-0.2, -0.15) is 0 Å². The quantitative estimate of drug-likeness (QED) is 0.447. The largest absolute Gasteiger partial charge is 0.497 e. The Hall–Kier alpha value is -3.73. The third kappa shape index (κ3) is 3.18. The van der Waals surface area contributed by atoms with Gasteiger partial charge in [-0.25, -0.2) is 4.79 Å². The third-order valence-electron chi connectivity index (χ3n) is 5.50. The van der Waals surface area contributed by atoms with Gasteiger partial charge in [-0.15, -0.1) is 0 Å². The van der Waals surface area contributed by atoms with Crippen molar-refractivity contribution in [1.29, 1.82) is 0 Å². The van der Waals surface area contributed by atoms with Crippen LogP contribution in [0.3, 0.4) is 0 Å². The minimum absolute atomic E-state index is 0.380. The Bertz CT molecular complexity index is 1270. The van der Waals surface area contributed by atoms with E-state index in [1.165, 1.54) is 11.6 Å². The molecule has 0 unspecified atom stereocenters. The van der Waals surface area contributed by atoms with E-state index >= 15 is 0 Å². The number of hydrogen-bond acceptors (Lipinski definition) is 5. The number of fused-ring (bicyclic) bond motifs is 3. The first-order valence-electron chi connectivity index (χ1n) is 9.81. The predicted molar refractivity (Wildman–Crippen MR) is 117 cm³/mol. The Balaban J connectivity index is 1.62. The molecule has 5 rings (SSSR count). The summed E-state index contributed by atoms with van der Waals surface area (Å²) in [6.07, 6.45) is 0. The highest BCUT2D eigenvalue weighted by Crippen LogP contribution is 2.37. The second kappa shape index (κ2) is 7.26. The number of ether oxygens (including phenoxy) is 2. The van der Waals surface area contributed by atoms with Gasteiger partial charge in [0.05, 0.1) is 19.2 Å². The molecule has 30 heavy (non-hydrogen) atoms. The molecule has 0 aliphatic carbocycles. The van der Waals surface area contributed by atoms with E-state index in [1.54, 1.807) is 7.11 Å². The number of anilines is 1. The molecule has 0 bridgehead atoms. The summed E-state index contributed by atoms with van der Waals surface area (Å²) in [6, 6.07) is 21.4. The highest BCUT2D eigenvalue weighted by molar-refractivity contribution is 5.96. The van der Waals surface area contributed by atoms with Crippen molar-refractivity contribution in [3.63, 3.8) is 0 Å². The van der Waals surface area contributed by atoms with Crippen LogP contribution >= 0.6 is 0 Å². The second-order valence-corrected chi connectivity index (χ2v) is 7.43. The van der Waals surface area contributed by atoms with Crippen LogP contribution in [0.25, 0.3) is 22.1 Å². The first kappa shape index (κ1) is 18.3. The number of hydrogen-bond donors (Lipinski definition) is 0. The predicted octanol–water partition coefficient (Wildman–Crippen LogP) is 5.13. The molecule has 0 atom stereocenters. The van der Waals surface area contributed by atoms with Crippen molar-refractivity contribution >= 4 is 16.7 Å². The summed E-state index contributed by atoms with van der Waals surface area (Å²) in [5.41, 5.74) is 5.11. The molecule has 5 nitrogen and oxygen atoms in total. The molecule has 3 aromatic carbocycles. The lowest BCUT2D eigenvalue weighted by Crippen LogP contribution is -2.32. The van der Waals surface area contributed by atoms with E-state index in [4.69, 9.17) is 13.9 Å². The number of nitrogens with zero attached hydrogens (tertiary/aromatic N) is 1. The Morgan fingerprint density at radius 3 is 2.47 bits per heavy atom. The molecule has 2 heterocycles. The van der Waals surface area contributed by atoms with Gasteiger partial charge in [0, 0.05) is 17.1 Å². The molecule has 1 aromatic heterocycles. The zero-order valence-electron chi connectivity index (χ0n) is 16.8. The molecule has 5 heteroatoms. The van der Waals surface area contributed by atoms with E-state index in [-0.39, 0.29) is 5.63 Å². The van der Waals surface area contributed by atoms with Crippen LogP contribution in [0.1, 0.15) is 11.1 Å². The SMILES string of the molecule is COc1ccc(-c2cc(=O)oc3c4c(ccc23)OCN(c2ccc(C)cc2)C4)cc1. The number of methoxy groups -OCH3 is 1. The minimum Gasteiger partial charge on any atom is -0.497 e. The molecule has 0 saturated heterocycles. The van der Waals surface area contributed by atoms with E-state index in [1.807, 2.05) is 36.4 Å². The highest BCUT2D eigenvalue weighted by Gasteiger charge is 2.23. The van der Waals surface area contributed by atoms with Gasteiger partial charge in [-0.05, 0) is 54.4 Å². The van der Waals surface area contributed by atoms with Crippen LogP contribution in [-0.4, -0.2) is 13.8 Å². The number of rotatable bonds is 3. The lowest BCUT2D eigenvalue weighted by Gasteiger charge is -2.31. The molecule has 0 N–H and O–H groups in total. The first-order chi connectivity index (χ1) is 14.6. The maximum absolute atomic E-state index is 12.4. The van der Waals surface area contributed by atoms with Crippen molar-refractivity contribution in [2.75, 3.05) is 18.7 Å². The van der Waals surface area contributed by atoms with Gasteiger partial charge in [-0.3, -0.25) is 0 Å². The van der Waals surface area contributed by atoms with E-state index in [2.05, 4.69) is 36.1 Å². The summed E-state index contributed by atoms with van der Waals surface area (Å²) in [6.45, 7) is 3.11. The lowest BCUT2D eigenvalue weighted by atomic mass is 9.99. The van der Waals surface area contributed by atoms with Crippen molar-refractivity contribution < 1.29 is 13.9 Å². The van der Waals surface area contributed by atoms with Gasteiger partial charge in [-0.1, -0.05) is 29.8 Å². The van der Waals surface area contributed by atoms with Crippen LogP contribution in [0.4, 0.5) is 5.69 Å². The molecule has 0 amide bonds. The van der Waals surface area contributed by atoms with Gasteiger partial charge < -0.3 is 18.8 Å². The molecule has 0 radical (unpaired) electrons.